The van der Waals surface area contributed by atoms with Gasteiger partial charge >= 0.3 is 0 Å². The van der Waals surface area contributed by atoms with Crippen molar-refractivity contribution in [2.75, 3.05) is 0 Å². The Morgan fingerprint density at radius 3 is 1.00 bits per heavy atom. The largest absolute Gasteiger partial charge is 0.512 e. The molecule has 0 aliphatic rings. The average molecular weight is 230 g/mol. The van der Waals surface area contributed by atoms with Crippen molar-refractivity contribution in [2.24, 2.45) is 0 Å². The Morgan fingerprint density at radius 1 is 0.800 bits per heavy atom. The molecule has 0 aromatic rings. The van der Waals surface area contributed by atoms with Gasteiger partial charge in [-0.05, 0) is 27.7 Å². The van der Waals surface area contributed by atoms with Crippen molar-refractivity contribution in [1.82, 2.24) is 0 Å². The third kappa shape index (κ3) is 32.1. The van der Waals surface area contributed by atoms with E-state index in [-0.39, 0.29) is 40.4 Å². The SMILES string of the molecule is CC(=O)/C=C(/C)O.CC(=O)/C=C(/C)O.[AlH3]. The first-order valence-electron chi connectivity index (χ1n) is 4.01. The Hall–Kier alpha value is -1.05. The van der Waals surface area contributed by atoms with Gasteiger partial charge in [0.1, 0.15) is 0 Å². The van der Waals surface area contributed by atoms with Crippen LogP contribution in [0.5, 0.6) is 0 Å². The molecule has 0 aliphatic carbocycles. The summed E-state index contributed by atoms with van der Waals surface area (Å²) in [6.45, 7) is 5.70. The molecule has 0 amide bonds. The highest BCUT2D eigenvalue weighted by atomic mass is 27.0. The number of aliphatic hydroxyl groups excluding tert-OH is 2. The first kappa shape index (κ1) is 19.5. The third-order valence-electron chi connectivity index (χ3n) is 0.824. The zero-order valence-corrected chi connectivity index (χ0v) is 8.87. The van der Waals surface area contributed by atoms with E-state index in [2.05, 4.69) is 0 Å². The highest BCUT2D eigenvalue weighted by Gasteiger charge is 1.83. The molecule has 86 valence electrons. The van der Waals surface area contributed by atoms with Gasteiger partial charge in [-0.2, -0.15) is 0 Å². The van der Waals surface area contributed by atoms with Crippen LogP contribution in [-0.4, -0.2) is 39.1 Å². The van der Waals surface area contributed by atoms with Crippen LogP contribution in [0.25, 0.3) is 0 Å². The highest BCUT2D eigenvalue weighted by molar-refractivity contribution is 5.87. The van der Waals surface area contributed by atoms with Gasteiger partial charge in [-0.1, -0.05) is 0 Å². The summed E-state index contributed by atoms with van der Waals surface area (Å²) in [7, 11) is 0. The van der Waals surface area contributed by atoms with Crippen LogP contribution in [0, 0.1) is 0 Å². The summed E-state index contributed by atoms with van der Waals surface area (Å²) in [5.74, 6) is -0.125. The van der Waals surface area contributed by atoms with Gasteiger partial charge in [-0.25, -0.2) is 0 Å². The van der Waals surface area contributed by atoms with Gasteiger partial charge in [0.25, 0.3) is 0 Å². The fourth-order valence-electron chi connectivity index (χ4n) is 0.588. The van der Waals surface area contributed by atoms with Gasteiger partial charge in [0.05, 0.1) is 11.5 Å². The van der Waals surface area contributed by atoms with Crippen LogP contribution in [0.3, 0.4) is 0 Å². The van der Waals surface area contributed by atoms with Crippen LogP contribution in [0.4, 0.5) is 0 Å². The van der Waals surface area contributed by atoms with Crippen LogP contribution >= 0.6 is 0 Å². The molecule has 0 aliphatic heterocycles. The second-order valence-electron chi connectivity index (χ2n) is 2.79. The monoisotopic (exact) mass is 230 g/mol. The van der Waals surface area contributed by atoms with Crippen LogP contribution < -0.4 is 0 Å². The van der Waals surface area contributed by atoms with Gasteiger partial charge in [0.2, 0.25) is 0 Å². The van der Waals surface area contributed by atoms with E-state index in [4.69, 9.17) is 10.2 Å². The van der Waals surface area contributed by atoms with Crippen LogP contribution in [0.2, 0.25) is 0 Å². The quantitative estimate of drug-likeness (QED) is 0.419. The molecule has 0 unspecified atom stereocenters. The lowest BCUT2D eigenvalue weighted by Crippen LogP contribution is -1.82. The molecule has 5 heteroatoms. The number of hydrogen-bond donors (Lipinski definition) is 2. The number of hydrogen-bond acceptors (Lipinski definition) is 4. The normalized spacial score (nSPS) is 10.7. The molecule has 0 bridgehead atoms. The topological polar surface area (TPSA) is 74.6 Å². The first-order valence-corrected chi connectivity index (χ1v) is 4.01. The Labute approximate surface area is 100 Å². The number of ketones is 2. The van der Waals surface area contributed by atoms with Crippen LogP contribution in [-0.2, 0) is 9.59 Å². The molecular weight excluding hydrogens is 211 g/mol. The van der Waals surface area contributed by atoms with Crippen molar-refractivity contribution in [2.45, 2.75) is 27.7 Å². The zero-order chi connectivity index (χ0) is 11.7. The van der Waals surface area contributed by atoms with Gasteiger partial charge < -0.3 is 10.2 Å². The van der Waals surface area contributed by atoms with Gasteiger partial charge in [0.15, 0.2) is 28.9 Å². The standard InChI is InChI=1S/2C5H8O2.Al.3H/c2*1-4(6)3-5(2)7;;;;/h2*3,6H,1-2H3;;;;/b2*4-3-;;;;. The maximum Gasteiger partial charge on any atom is 0.187 e. The highest BCUT2D eigenvalue weighted by Crippen LogP contribution is 1.82. The molecule has 0 fully saturated rings. The lowest BCUT2D eigenvalue weighted by Gasteiger charge is -1.80. The fraction of sp³-hybridized carbons (Fsp3) is 0.400. The predicted octanol–water partition coefficient (Wildman–Crippen LogP) is 0.890. The second kappa shape index (κ2) is 11.0. The van der Waals surface area contributed by atoms with Crippen molar-refractivity contribution >= 4 is 28.9 Å². The number of rotatable bonds is 2. The molecule has 0 rings (SSSR count). The van der Waals surface area contributed by atoms with E-state index in [9.17, 15) is 9.59 Å². The summed E-state index contributed by atoms with van der Waals surface area (Å²) in [4.78, 5) is 20.0. The van der Waals surface area contributed by atoms with E-state index in [1.54, 1.807) is 0 Å². The Morgan fingerprint density at radius 2 is 1.00 bits per heavy atom. The smallest absolute Gasteiger partial charge is 0.187 e. The van der Waals surface area contributed by atoms with E-state index in [0.29, 0.717) is 0 Å². The predicted molar refractivity (Wildman–Crippen MR) is 64.1 cm³/mol. The van der Waals surface area contributed by atoms with E-state index in [1.165, 1.54) is 39.8 Å². The second-order valence-corrected chi connectivity index (χ2v) is 2.79. The molecule has 0 spiro atoms. The fourth-order valence-corrected chi connectivity index (χ4v) is 0.588. The summed E-state index contributed by atoms with van der Waals surface area (Å²) in [6, 6.07) is 0. The minimum absolute atomic E-state index is 0. The number of allylic oxidation sites excluding steroid dienone is 4. The Balaban J connectivity index is -0.000000180. The summed E-state index contributed by atoms with van der Waals surface area (Å²) in [6.07, 6.45) is 2.33. The lowest BCUT2D eigenvalue weighted by atomic mass is 10.4. The van der Waals surface area contributed by atoms with Crippen molar-refractivity contribution in [3.63, 3.8) is 0 Å². The van der Waals surface area contributed by atoms with Crippen molar-refractivity contribution < 1.29 is 19.8 Å². The van der Waals surface area contributed by atoms with Gasteiger partial charge in [-0.15, -0.1) is 0 Å². The number of aliphatic hydroxyl groups is 2. The Kier molecular flexibility index (Phi) is 14.3. The zero-order valence-electron chi connectivity index (χ0n) is 8.87. The summed E-state index contributed by atoms with van der Waals surface area (Å²) in [5, 5.41) is 16.7. The molecule has 2 N–H and O–H groups in total. The lowest BCUT2D eigenvalue weighted by molar-refractivity contribution is -0.113. The molecule has 0 radical (unpaired) electrons. The van der Waals surface area contributed by atoms with Gasteiger partial charge in [0, 0.05) is 12.2 Å². The minimum atomic E-state index is -0.125. The summed E-state index contributed by atoms with van der Waals surface area (Å²) >= 11 is 0. The van der Waals surface area contributed by atoms with Crippen molar-refractivity contribution in [1.29, 1.82) is 0 Å². The number of carbonyl (C=O) groups excluding carboxylic acids is 2. The maximum absolute atomic E-state index is 10.0. The minimum Gasteiger partial charge on any atom is -0.512 e. The van der Waals surface area contributed by atoms with Crippen LogP contribution in [0.1, 0.15) is 27.7 Å². The third-order valence-corrected chi connectivity index (χ3v) is 0.824. The molecule has 0 aromatic carbocycles. The van der Waals surface area contributed by atoms with Gasteiger partial charge in [-0.3, -0.25) is 9.59 Å². The molecule has 0 heterocycles. The van der Waals surface area contributed by atoms with Crippen molar-refractivity contribution in [3.8, 4) is 0 Å². The Bertz CT molecular complexity index is 231. The molecule has 15 heavy (non-hydrogen) atoms. The van der Waals surface area contributed by atoms with E-state index in [1.807, 2.05) is 0 Å². The number of carbonyl (C=O) groups is 2. The summed E-state index contributed by atoms with van der Waals surface area (Å²) < 4.78 is 0. The molecule has 0 aromatic heterocycles. The summed E-state index contributed by atoms with van der Waals surface area (Å²) in [5.41, 5.74) is 0. The molecule has 0 atom stereocenters. The van der Waals surface area contributed by atoms with E-state index < -0.39 is 0 Å². The van der Waals surface area contributed by atoms with E-state index >= 15 is 0 Å². The van der Waals surface area contributed by atoms with E-state index in [0.717, 1.165) is 0 Å². The molecular formula is C10H19AlO4. The van der Waals surface area contributed by atoms with Crippen LogP contribution in [0.15, 0.2) is 23.7 Å². The average Bonchev–Trinajstić information content (AvgIpc) is 1.79. The first-order chi connectivity index (χ1) is 6.25. The molecule has 0 saturated heterocycles. The molecule has 0 saturated carbocycles. The maximum atomic E-state index is 10.0. The molecule has 4 nitrogen and oxygen atoms in total. The van der Waals surface area contributed by atoms with Crippen molar-refractivity contribution in [3.05, 3.63) is 23.7 Å².